The van der Waals surface area contributed by atoms with Gasteiger partial charge in [0.15, 0.2) is 29.2 Å². The SMILES string of the molecule is C[C@@](C[C@H]1CC(c2ccc(-c3ccsc3)cc2)=NO1)(C(=O)OCc1ccccc1)S(C)(=O)=O.C[C@@](C[C@H]1CC(c2ccc(Br)cc2)=NO1)(C(=O)OCc1ccccc1)S(C)(=O)=O.OB(O)c1ccsc1. The Morgan fingerprint density at radius 1 is 0.629 bits per heavy atom. The third-order valence-electron chi connectivity index (χ3n) is 11.7. The average Bonchev–Trinajstić information content (AvgIpc) is 4.21. The lowest BCUT2D eigenvalue weighted by Gasteiger charge is -2.27. The summed E-state index contributed by atoms with van der Waals surface area (Å²) in [5.74, 6) is -1.57. The second kappa shape index (κ2) is 24.1. The Labute approximate surface area is 425 Å². The van der Waals surface area contributed by atoms with E-state index in [0.29, 0.717) is 18.3 Å². The number of hydrogen-bond donors (Lipinski definition) is 2. The van der Waals surface area contributed by atoms with E-state index >= 15 is 0 Å². The summed E-state index contributed by atoms with van der Waals surface area (Å²) in [6.45, 7) is 2.80. The van der Waals surface area contributed by atoms with Gasteiger partial charge in [-0.1, -0.05) is 129 Å². The normalized spacial score (nSPS) is 17.0. The van der Waals surface area contributed by atoms with Gasteiger partial charge in [0.1, 0.15) is 25.4 Å². The molecule has 2 aromatic heterocycles. The second-order valence-corrected chi connectivity index (χ2v) is 24.4. The highest BCUT2D eigenvalue weighted by atomic mass is 79.9. The van der Waals surface area contributed by atoms with Crippen molar-refractivity contribution in [3.05, 3.63) is 170 Å². The summed E-state index contributed by atoms with van der Waals surface area (Å²) in [5, 5.41) is 32.8. The zero-order valence-corrected chi connectivity index (χ0v) is 43.6. The molecule has 2 aliphatic heterocycles. The van der Waals surface area contributed by atoms with Crippen molar-refractivity contribution in [1.82, 2.24) is 0 Å². The van der Waals surface area contributed by atoms with Crippen LogP contribution in [0.25, 0.3) is 11.1 Å². The summed E-state index contributed by atoms with van der Waals surface area (Å²) in [5.41, 5.74) is 7.66. The highest BCUT2D eigenvalue weighted by Gasteiger charge is 2.49. The molecule has 368 valence electrons. The van der Waals surface area contributed by atoms with Crippen molar-refractivity contribution in [3.8, 4) is 11.1 Å². The number of sulfone groups is 2. The van der Waals surface area contributed by atoms with Gasteiger partial charge in [-0.2, -0.15) is 22.7 Å². The van der Waals surface area contributed by atoms with Gasteiger partial charge in [0.05, 0.1) is 11.4 Å². The van der Waals surface area contributed by atoms with Gasteiger partial charge in [-0.3, -0.25) is 9.59 Å². The van der Waals surface area contributed by atoms with Crippen molar-refractivity contribution in [2.45, 2.75) is 74.4 Å². The summed E-state index contributed by atoms with van der Waals surface area (Å²) in [7, 11) is -8.83. The van der Waals surface area contributed by atoms with Gasteiger partial charge in [0.2, 0.25) is 0 Å². The van der Waals surface area contributed by atoms with Gasteiger partial charge >= 0.3 is 19.1 Å². The average molecular weight is 1090 g/mol. The van der Waals surface area contributed by atoms with Crippen LogP contribution in [0.5, 0.6) is 0 Å². The summed E-state index contributed by atoms with van der Waals surface area (Å²) in [6, 6.07) is 37.6. The molecule has 2 aliphatic rings. The Bertz CT molecular complexity index is 2940. The van der Waals surface area contributed by atoms with Gasteiger partial charge in [0.25, 0.3) is 0 Å². The maximum absolute atomic E-state index is 12.9. The Kier molecular flexibility index (Phi) is 18.5. The van der Waals surface area contributed by atoms with Crippen LogP contribution in [0.4, 0.5) is 0 Å². The van der Waals surface area contributed by atoms with Crippen LogP contribution >= 0.6 is 38.6 Å². The molecule has 4 aromatic carbocycles. The zero-order valence-electron chi connectivity index (χ0n) is 38.7. The summed E-state index contributed by atoms with van der Waals surface area (Å²) in [4.78, 5) is 36.6. The lowest BCUT2D eigenvalue weighted by atomic mass is 9.83. The number of nitrogens with zero attached hydrogens (tertiary/aromatic N) is 2. The van der Waals surface area contributed by atoms with Crippen molar-refractivity contribution in [3.63, 3.8) is 0 Å². The fourth-order valence-electron chi connectivity index (χ4n) is 7.16. The first-order valence-electron chi connectivity index (χ1n) is 21.8. The topological polar surface area (TPSA) is 205 Å². The van der Waals surface area contributed by atoms with Gasteiger partial charge in [-0.15, -0.1) is 0 Å². The van der Waals surface area contributed by atoms with E-state index in [4.69, 9.17) is 29.2 Å². The molecule has 4 heterocycles. The van der Waals surface area contributed by atoms with Crippen molar-refractivity contribution >= 4 is 94.2 Å². The molecule has 70 heavy (non-hydrogen) atoms. The van der Waals surface area contributed by atoms with E-state index in [1.807, 2.05) is 115 Å². The number of benzene rings is 4. The van der Waals surface area contributed by atoms with Crippen LogP contribution in [0.15, 0.2) is 158 Å². The van der Waals surface area contributed by atoms with Crippen LogP contribution in [0.2, 0.25) is 0 Å². The third kappa shape index (κ3) is 14.3. The largest absolute Gasteiger partial charge is 0.489 e. The number of thiophene rings is 2. The molecule has 0 radical (unpaired) electrons. The Morgan fingerprint density at radius 3 is 1.41 bits per heavy atom. The van der Waals surface area contributed by atoms with Gasteiger partial charge in [-0.05, 0) is 92.4 Å². The first-order chi connectivity index (χ1) is 33.3. The molecule has 0 saturated carbocycles. The quantitative estimate of drug-likeness (QED) is 0.0696. The molecule has 0 spiro atoms. The predicted octanol–water partition coefficient (Wildman–Crippen LogP) is 8.15. The number of carbonyl (C=O) groups is 2. The monoisotopic (exact) mass is 1090 g/mol. The molecule has 0 amide bonds. The van der Waals surface area contributed by atoms with E-state index in [2.05, 4.69) is 37.7 Å². The van der Waals surface area contributed by atoms with Crippen molar-refractivity contribution in [2.75, 3.05) is 12.5 Å². The third-order valence-corrected chi connectivity index (χ3v) is 17.6. The zero-order chi connectivity index (χ0) is 50.5. The van der Waals surface area contributed by atoms with E-state index in [1.165, 1.54) is 25.2 Å². The standard InChI is InChI=1S/C25H25NO5S2.C21H22BrNO5S.C4H5BO2S/c1-25(33(2,28)29,24(27)30-16-18-6-4-3-5-7-18)15-22-14-23(26-31-22)20-10-8-19(9-11-20)21-12-13-32-17-21;1-21(29(2,25)26,20(24)27-14-15-6-4-3-5-7-15)13-18-12-19(23-28-18)16-8-10-17(22)11-9-16;6-5(7)4-1-2-8-3-4/h3-13,17,22H,14-16H2,1-2H3;3-11,18H,12-14H2,1-2H3;1-3,6-7H/t22-,25-;18-,21-;/m11./s1. The number of hydrogen-bond acceptors (Lipinski definition) is 16. The molecule has 0 fully saturated rings. The minimum absolute atomic E-state index is 0.00847. The minimum atomic E-state index is -3.77. The van der Waals surface area contributed by atoms with Gasteiger partial charge in [-0.25, -0.2) is 16.8 Å². The number of esters is 2. The Hall–Kier alpha value is -5.48. The molecule has 20 heteroatoms. The summed E-state index contributed by atoms with van der Waals surface area (Å²) in [6.07, 6.45) is 1.77. The lowest BCUT2D eigenvalue weighted by Crippen LogP contribution is -2.46. The van der Waals surface area contributed by atoms with E-state index < -0.39 is 60.4 Å². The molecule has 0 unspecified atom stereocenters. The predicted molar refractivity (Wildman–Crippen MR) is 278 cm³/mol. The molecule has 2 N–H and O–H groups in total. The smallest absolute Gasteiger partial charge is 0.460 e. The Morgan fingerprint density at radius 2 is 1.04 bits per heavy atom. The summed E-state index contributed by atoms with van der Waals surface area (Å²) < 4.78 is 58.4. The fraction of sp³-hybridized carbons (Fsp3) is 0.280. The minimum Gasteiger partial charge on any atom is -0.460 e. The number of carbonyl (C=O) groups excluding carboxylic acids is 2. The molecule has 14 nitrogen and oxygen atoms in total. The number of halogens is 1. The molecular weight excluding hydrogens is 1040 g/mol. The highest BCUT2D eigenvalue weighted by molar-refractivity contribution is 9.10. The fourth-order valence-corrected chi connectivity index (χ4v) is 10.5. The van der Waals surface area contributed by atoms with Crippen molar-refractivity contribution < 1.29 is 55.6 Å². The molecular formula is C50H52BBrN2O12S4. The van der Waals surface area contributed by atoms with Crippen LogP contribution < -0.4 is 5.46 Å². The molecule has 8 rings (SSSR count). The molecule has 6 aromatic rings. The summed E-state index contributed by atoms with van der Waals surface area (Å²) >= 11 is 6.48. The Balaban J connectivity index is 0.000000199. The first-order valence-corrected chi connectivity index (χ1v) is 28.3. The van der Waals surface area contributed by atoms with Gasteiger partial charge < -0.3 is 29.2 Å². The van der Waals surface area contributed by atoms with Crippen LogP contribution in [0.1, 0.15) is 61.8 Å². The molecule has 0 aliphatic carbocycles. The van der Waals surface area contributed by atoms with E-state index in [1.54, 1.807) is 28.2 Å². The van der Waals surface area contributed by atoms with E-state index in [-0.39, 0.29) is 26.1 Å². The van der Waals surface area contributed by atoms with Crippen LogP contribution in [-0.2, 0) is 61.6 Å². The van der Waals surface area contributed by atoms with Crippen molar-refractivity contribution in [1.29, 1.82) is 0 Å². The lowest BCUT2D eigenvalue weighted by molar-refractivity contribution is -0.149. The van der Waals surface area contributed by atoms with Crippen LogP contribution in [0, 0.1) is 0 Å². The second-order valence-electron chi connectivity index (χ2n) is 17.0. The number of ether oxygens (including phenoxy) is 2. The highest BCUT2D eigenvalue weighted by Crippen LogP contribution is 2.33. The van der Waals surface area contributed by atoms with E-state index in [9.17, 15) is 26.4 Å². The number of oxime groups is 2. The van der Waals surface area contributed by atoms with Gasteiger partial charge in [0, 0.05) is 42.7 Å². The maximum atomic E-state index is 12.9. The molecule has 0 saturated heterocycles. The van der Waals surface area contributed by atoms with Crippen molar-refractivity contribution in [2.24, 2.45) is 10.3 Å². The molecule has 0 bridgehead atoms. The maximum Gasteiger partial charge on any atom is 0.489 e. The van der Waals surface area contributed by atoms with E-state index in [0.717, 1.165) is 61.8 Å². The first kappa shape index (κ1) is 53.9. The van der Waals surface area contributed by atoms with Crippen LogP contribution in [0.3, 0.4) is 0 Å². The number of rotatable bonds is 16. The molecule has 4 atom stereocenters. The van der Waals surface area contributed by atoms with Crippen LogP contribution in [-0.4, -0.2) is 91.6 Å².